The second kappa shape index (κ2) is 16.4. The van der Waals surface area contributed by atoms with E-state index in [1.54, 1.807) is 24.5 Å². The van der Waals surface area contributed by atoms with E-state index in [2.05, 4.69) is 15.3 Å². The molecule has 1 atom stereocenters. The number of likely N-dealkylation sites (tertiary alicyclic amines) is 1. The van der Waals surface area contributed by atoms with Gasteiger partial charge in [0.2, 0.25) is 5.91 Å². The Morgan fingerprint density at radius 1 is 0.804 bits per heavy atom. The van der Waals surface area contributed by atoms with Crippen LogP contribution in [0.3, 0.4) is 0 Å². The molecule has 1 aliphatic heterocycles. The summed E-state index contributed by atoms with van der Waals surface area (Å²) in [6.07, 6.45) is 4.04. The number of carbonyl (C=O) groups excluding carboxylic acids is 2. The lowest BCUT2D eigenvalue weighted by Crippen LogP contribution is -2.43. The number of benzene rings is 3. The minimum atomic E-state index is -0.622. The summed E-state index contributed by atoms with van der Waals surface area (Å²) in [5, 5.41) is 3.82. The van der Waals surface area contributed by atoms with Crippen molar-refractivity contribution in [1.82, 2.24) is 14.9 Å². The molecule has 0 saturated carbocycles. The molecule has 10 heteroatoms. The van der Waals surface area contributed by atoms with E-state index in [1.807, 2.05) is 91.0 Å². The third-order valence-electron chi connectivity index (χ3n) is 7.17. The minimum absolute atomic E-state index is 0. The van der Waals surface area contributed by atoms with Crippen LogP contribution >= 0.6 is 23.2 Å². The maximum atomic E-state index is 13.1. The molecular weight excluding hydrogens is 621 g/mol. The summed E-state index contributed by atoms with van der Waals surface area (Å²) in [4.78, 5) is 35.8. The molecule has 0 radical (unpaired) electrons. The van der Waals surface area contributed by atoms with Gasteiger partial charge < -0.3 is 15.8 Å². The van der Waals surface area contributed by atoms with E-state index in [0.29, 0.717) is 40.1 Å². The molecule has 3 heterocycles. The molecule has 2 amide bonds. The number of hydrogen-bond donors (Lipinski definition) is 2. The third-order valence-corrected chi connectivity index (χ3v) is 7.82. The number of ether oxygens (including phenoxy) is 1. The van der Waals surface area contributed by atoms with E-state index in [0.717, 1.165) is 28.8 Å². The highest BCUT2D eigenvalue weighted by Crippen LogP contribution is 2.33. The highest BCUT2D eigenvalue weighted by atomic mass is 35.5. The molecule has 0 bridgehead atoms. The van der Waals surface area contributed by atoms with Gasteiger partial charge in [0, 0.05) is 30.1 Å². The Bertz CT molecular complexity index is 1740. The first kappa shape index (κ1) is 34.0. The van der Waals surface area contributed by atoms with Gasteiger partial charge in [0.25, 0.3) is 0 Å². The number of carbonyl (C=O) groups is 2. The molecule has 236 valence electrons. The van der Waals surface area contributed by atoms with Crippen molar-refractivity contribution in [3.8, 4) is 22.5 Å². The smallest absolute Gasteiger partial charge is 0.410 e. The second-order valence-electron chi connectivity index (χ2n) is 10.2. The highest BCUT2D eigenvalue weighted by molar-refractivity contribution is 6.34. The Kier molecular flexibility index (Phi) is 12.1. The van der Waals surface area contributed by atoms with Crippen molar-refractivity contribution in [3.05, 3.63) is 131 Å². The number of nitrogen functional groups attached to an aromatic ring is 1. The Balaban J connectivity index is 0.000000268. The van der Waals surface area contributed by atoms with E-state index < -0.39 is 12.1 Å². The number of pyridine rings is 2. The normalized spacial score (nSPS) is 13.5. The zero-order valence-electron chi connectivity index (χ0n) is 24.3. The van der Waals surface area contributed by atoms with Gasteiger partial charge in [-0.2, -0.15) is 0 Å². The molecule has 5 aromatic rings. The van der Waals surface area contributed by atoms with E-state index in [1.165, 1.54) is 4.90 Å². The monoisotopic (exact) mass is 655 g/mol. The summed E-state index contributed by atoms with van der Waals surface area (Å²) in [5.74, 6) is -0.304. The van der Waals surface area contributed by atoms with E-state index in [4.69, 9.17) is 33.7 Å². The topological polar surface area (TPSA) is 110 Å². The van der Waals surface area contributed by atoms with Gasteiger partial charge in [-0.1, -0.05) is 122 Å². The first-order valence-electron chi connectivity index (χ1n) is 14.4. The van der Waals surface area contributed by atoms with Crippen molar-refractivity contribution >= 4 is 46.6 Å². The lowest BCUT2D eigenvalue weighted by molar-refractivity contribution is -0.120. The largest absolute Gasteiger partial charge is 0.445 e. The number of halogens is 2. The molecule has 0 aliphatic carbocycles. The molecule has 1 fully saturated rings. The van der Waals surface area contributed by atoms with Gasteiger partial charge in [-0.25, -0.2) is 4.79 Å². The Hall–Kier alpha value is -4.92. The summed E-state index contributed by atoms with van der Waals surface area (Å²) in [6, 6.07) is 31.4. The average Bonchev–Trinajstić information content (AvgIpc) is 3.58. The molecule has 8 nitrogen and oxygen atoms in total. The number of rotatable bonds is 6. The van der Waals surface area contributed by atoms with Gasteiger partial charge in [0.1, 0.15) is 12.6 Å². The number of nitrogens with zero attached hydrogens (tertiary/aromatic N) is 3. The van der Waals surface area contributed by atoms with Crippen LogP contribution in [0.2, 0.25) is 10.0 Å². The number of anilines is 2. The molecule has 2 aromatic heterocycles. The van der Waals surface area contributed by atoms with Crippen LogP contribution in [-0.2, 0) is 16.1 Å². The van der Waals surface area contributed by atoms with Crippen molar-refractivity contribution < 1.29 is 14.3 Å². The molecule has 1 aliphatic rings. The quantitative estimate of drug-likeness (QED) is 0.189. The SMILES string of the molecule is C.Nc1c(Cl)ccnc1-c1ccccc1.O=C(Nc1c(Cl)ccnc1-c1ccccc1)[C@@H]1CCCN1C(=O)OCc1ccccc1. The lowest BCUT2D eigenvalue weighted by atomic mass is 10.1. The number of nitrogens with two attached hydrogens (primary N) is 1. The summed E-state index contributed by atoms with van der Waals surface area (Å²) in [6.45, 7) is 0.634. The third kappa shape index (κ3) is 8.41. The van der Waals surface area contributed by atoms with E-state index in [-0.39, 0.29) is 19.9 Å². The van der Waals surface area contributed by atoms with Gasteiger partial charge >= 0.3 is 6.09 Å². The second-order valence-corrected chi connectivity index (χ2v) is 11.0. The van der Waals surface area contributed by atoms with Crippen LogP contribution in [0.1, 0.15) is 25.8 Å². The molecule has 0 spiro atoms. The summed E-state index contributed by atoms with van der Waals surface area (Å²) in [7, 11) is 0. The zero-order valence-corrected chi connectivity index (χ0v) is 25.8. The first-order valence-corrected chi connectivity index (χ1v) is 15.1. The maximum absolute atomic E-state index is 13.1. The van der Waals surface area contributed by atoms with Crippen LogP contribution in [0.15, 0.2) is 116 Å². The number of hydrogen-bond acceptors (Lipinski definition) is 6. The fourth-order valence-corrected chi connectivity index (χ4v) is 5.25. The summed E-state index contributed by atoms with van der Waals surface area (Å²) >= 11 is 12.3. The Labute approximate surface area is 279 Å². The predicted octanol–water partition coefficient (Wildman–Crippen LogP) is 8.76. The van der Waals surface area contributed by atoms with Gasteiger partial charge in [0.05, 0.1) is 32.8 Å². The number of amides is 2. The van der Waals surface area contributed by atoms with Gasteiger partial charge in [-0.15, -0.1) is 0 Å². The van der Waals surface area contributed by atoms with Gasteiger partial charge in [-0.3, -0.25) is 19.7 Å². The minimum Gasteiger partial charge on any atom is -0.445 e. The highest BCUT2D eigenvalue weighted by Gasteiger charge is 2.35. The van der Waals surface area contributed by atoms with Crippen LogP contribution in [-0.4, -0.2) is 39.5 Å². The first-order chi connectivity index (χ1) is 21.9. The molecule has 3 aromatic carbocycles. The maximum Gasteiger partial charge on any atom is 0.410 e. The standard InChI is InChI=1S/C24H22ClN3O3.C11H9ClN2.CH4/c25-19-13-14-26-21(18-10-5-2-6-11-18)22(19)27-23(29)20-12-7-15-28(20)24(30)31-16-17-8-3-1-4-9-17;12-9-6-7-14-11(10(9)13)8-4-2-1-3-5-8;/h1-6,8-11,13-14,20H,7,12,15-16H2,(H,27,29);1-7H,13H2;1H4/t20-;;/m0../s1. The molecule has 3 N–H and O–H groups in total. The fourth-order valence-electron chi connectivity index (χ4n) is 4.91. The number of aromatic nitrogens is 2. The molecular formula is C36H35Cl2N5O3. The van der Waals surface area contributed by atoms with Crippen LogP contribution in [0.4, 0.5) is 16.2 Å². The van der Waals surface area contributed by atoms with Crippen molar-refractivity contribution in [2.75, 3.05) is 17.6 Å². The van der Waals surface area contributed by atoms with Crippen LogP contribution < -0.4 is 11.1 Å². The Morgan fingerprint density at radius 2 is 1.35 bits per heavy atom. The van der Waals surface area contributed by atoms with Crippen molar-refractivity contribution in [2.45, 2.75) is 32.9 Å². The van der Waals surface area contributed by atoms with Crippen molar-refractivity contribution in [1.29, 1.82) is 0 Å². The van der Waals surface area contributed by atoms with Crippen LogP contribution in [0.25, 0.3) is 22.5 Å². The molecule has 1 saturated heterocycles. The van der Waals surface area contributed by atoms with Crippen LogP contribution in [0, 0.1) is 0 Å². The molecule has 0 unspecified atom stereocenters. The van der Waals surface area contributed by atoms with E-state index >= 15 is 0 Å². The van der Waals surface area contributed by atoms with Gasteiger partial charge in [0.15, 0.2) is 0 Å². The van der Waals surface area contributed by atoms with Crippen molar-refractivity contribution in [2.24, 2.45) is 0 Å². The Morgan fingerprint density at radius 3 is 1.98 bits per heavy atom. The zero-order chi connectivity index (χ0) is 31.6. The summed E-state index contributed by atoms with van der Waals surface area (Å²) < 4.78 is 5.43. The average molecular weight is 657 g/mol. The van der Waals surface area contributed by atoms with Crippen LogP contribution in [0.5, 0.6) is 0 Å². The lowest BCUT2D eigenvalue weighted by Gasteiger charge is -2.24. The van der Waals surface area contributed by atoms with E-state index in [9.17, 15) is 9.59 Å². The fraction of sp³-hybridized carbons (Fsp3) is 0.167. The molecule has 46 heavy (non-hydrogen) atoms. The predicted molar refractivity (Wildman–Crippen MR) is 185 cm³/mol. The van der Waals surface area contributed by atoms with Gasteiger partial charge in [-0.05, 0) is 30.5 Å². The summed E-state index contributed by atoms with van der Waals surface area (Å²) in [5.41, 5.74) is 10.8. The number of nitrogens with one attached hydrogen (secondary N) is 1. The van der Waals surface area contributed by atoms with Crippen molar-refractivity contribution in [3.63, 3.8) is 0 Å². The molecule has 6 rings (SSSR count).